The van der Waals surface area contributed by atoms with Crippen LogP contribution >= 0.6 is 11.6 Å². The molecule has 0 aliphatic carbocycles. The lowest BCUT2D eigenvalue weighted by Crippen LogP contribution is -2.46. The lowest BCUT2D eigenvalue weighted by atomic mass is 10.2. The van der Waals surface area contributed by atoms with Crippen LogP contribution in [0.2, 0.25) is 5.02 Å². The summed E-state index contributed by atoms with van der Waals surface area (Å²) >= 11 is 5.97. The van der Waals surface area contributed by atoms with Gasteiger partial charge in [-0.15, -0.1) is 0 Å². The zero-order valence-corrected chi connectivity index (χ0v) is 14.1. The van der Waals surface area contributed by atoms with Gasteiger partial charge < -0.3 is 4.74 Å². The summed E-state index contributed by atoms with van der Waals surface area (Å²) in [7, 11) is 0. The van der Waals surface area contributed by atoms with E-state index in [2.05, 4.69) is 10.9 Å². The molecule has 0 radical (unpaired) electrons. The van der Waals surface area contributed by atoms with E-state index in [1.54, 1.807) is 24.3 Å². The molecule has 0 aromatic heterocycles. The van der Waals surface area contributed by atoms with Crippen LogP contribution in [0.4, 0.5) is 4.39 Å². The number of nitrogens with one attached hydrogen (secondary N) is 2. The lowest BCUT2D eigenvalue weighted by Gasteiger charge is -2.14. The van der Waals surface area contributed by atoms with Gasteiger partial charge in [0.25, 0.3) is 11.8 Å². The third-order valence-corrected chi connectivity index (χ3v) is 3.47. The molecular weight excluding hydrogens is 347 g/mol. The second-order valence-electron chi connectivity index (χ2n) is 5.05. The molecule has 7 heteroatoms. The number of carbonyl (C=O) groups is 2. The molecule has 130 valence electrons. The molecule has 0 heterocycles. The van der Waals surface area contributed by atoms with Gasteiger partial charge in [0.1, 0.15) is 11.6 Å². The Bertz CT molecular complexity index is 778. The maximum Gasteiger partial charge on any atom is 0.279 e. The Balaban J connectivity index is 1.81. The highest BCUT2D eigenvalue weighted by molar-refractivity contribution is 6.32. The van der Waals surface area contributed by atoms with Gasteiger partial charge in [0.2, 0.25) is 0 Å². The van der Waals surface area contributed by atoms with Gasteiger partial charge in [-0.2, -0.15) is 0 Å². The Morgan fingerprint density at radius 2 is 1.80 bits per heavy atom. The first-order valence-electron chi connectivity index (χ1n) is 7.40. The SMILES string of the molecule is CC(Oc1ccc(F)cc1)C(=O)NNC(=O)C=Cc1ccccc1Cl. The first-order chi connectivity index (χ1) is 12.0. The second kappa shape index (κ2) is 8.84. The van der Waals surface area contributed by atoms with E-state index in [0.717, 1.165) is 0 Å². The van der Waals surface area contributed by atoms with Crippen LogP contribution < -0.4 is 15.6 Å². The highest BCUT2D eigenvalue weighted by Gasteiger charge is 2.14. The van der Waals surface area contributed by atoms with E-state index in [9.17, 15) is 14.0 Å². The number of hydrazine groups is 1. The molecule has 2 aromatic carbocycles. The summed E-state index contributed by atoms with van der Waals surface area (Å²) in [5, 5.41) is 0.511. The van der Waals surface area contributed by atoms with E-state index >= 15 is 0 Å². The smallest absolute Gasteiger partial charge is 0.279 e. The topological polar surface area (TPSA) is 67.4 Å². The number of halogens is 2. The van der Waals surface area contributed by atoms with Crippen LogP contribution in [0.3, 0.4) is 0 Å². The molecule has 1 unspecified atom stereocenters. The number of carbonyl (C=O) groups excluding carboxylic acids is 2. The van der Waals surface area contributed by atoms with Crippen molar-refractivity contribution in [1.29, 1.82) is 0 Å². The number of ether oxygens (including phenoxy) is 1. The normalized spacial score (nSPS) is 11.8. The Morgan fingerprint density at radius 3 is 2.48 bits per heavy atom. The van der Waals surface area contributed by atoms with Crippen LogP contribution in [0.25, 0.3) is 6.08 Å². The van der Waals surface area contributed by atoms with Crippen LogP contribution in [0.15, 0.2) is 54.6 Å². The fourth-order valence-electron chi connectivity index (χ4n) is 1.81. The van der Waals surface area contributed by atoms with Crippen molar-refractivity contribution in [3.05, 3.63) is 71.0 Å². The van der Waals surface area contributed by atoms with Crippen molar-refractivity contribution in [2.45, 2.75) is 13.0 Å². The summed E-state index contributed by atoms with van der Waals surface area (Å²) in [6.45, 7) is 1.50. The standard InChI is InChI=1S/C18H16ClFN2O3/c1-12(25-15-9-7-14(20)8-10-15)18(24)22-21-17(23)11-6-13-4-2-3-5-16(13)19/h2-12H,1H3,(H,21,23)(H,22,24). The quantitative estimate of drug-likeness (QED) is 0.634. The lowest BCUT2D eigenvalue weighted by molar-refractivity contribution is -0.131. The van der Waals surface area contributed by atoms with Gasteiger partial charge in [-0.1, -0.05) is 29.8 Å². The maximum absolute atomic E-state index is 12.8. The molecule has 2 amide bonds. The van der Waals surface area contributed by atoms with Crippen LogP contribution in [0.5, 0.6) is 5.75 Å². The molecule has 2 aromatic rings. The van der Waals surface area contributed by atoms with E-state index in [1.165, 1.54) is 43.3 Å². The molecule has 0 spiro atoms. The first kappa shape index (κ1) is 18.5. The minimum Gasteiger partial charge on any atom is -0.481 e. The van der Waals surface area contributed by atoms with Crippen molar-refractivity contribution in [2.75, 3.05) is 0 Å². The summed E-state index contributed by atoms with van der Waals surface area (Å²) in [5.74, 6) is -1.14. The van der Waals surface area contributed by atoms with E-state index in [0.29, 0.717) is 16.3 Å². The Morgan fingerprint density at radius 1 is 1.12 bits per heavy atom. The number of rotatable bonds is 5. The molecule has 5 nitrogen and oxygen atoms in total. The summed E-state index contributed by atoms with van der Waals surface area (Å²) < 4.78 is 18.2. The maximum atomic E-state index is 12.8. The van der Waals surface area contributed by atoms with Crippen molar-refractivity contribution in [1.82, 2.24) is 10.9 Å². The van der Waals surface area contributed by atoms with Gasteiger partial charge in [0.15, 0.2) is 6.10 Å². The minimum atomic E-state index is -0.877. The third-order valence-electron chi connectivity index (χ3n) is 3.12. The number of hydrogen-bond acceptors (Lipinski definition) is 3. The Hall–Kier alpha value is -2.86. The number of amides is 2. The molecule has 25 heavy (non-hydrogen) atoms. The van der Waals surface area contributed by atoms with E-state index < -0.39 is 23.7 Å². The Labute approximate surface area is 149 Å². The van der Waals surface area contributed by atoms with E-state index in [-0.39, 0.29) is 0 Å². The highest BCUT2D eigenvalue weighted by atomic mass is 35.5. The van der Waals surface area contributed by atoms with Crippen LogP contribution in [0.1, 0.15) is 12.5 Å². The summed E-state index contributed by atoms with van der Waals surface area (Å²) in [4.78, 5) is 23.6. The van der Waals surface area contributed by atoms with Crippen molar-refractivity contribution in [3.8, 4) is 5.75 Å². The summed E-state index contributed by atoms with van der Waals surface area (Å²) in [6.07, 6.45) is 1.90. The molecule has 0 bridgehead atoms. The van der Waals surface area contributed by atoms with Gasteiger partial charge in [-0.05, 0) is 48.9 Å². The Kier molecular flexibility index (Phi) is 6.54. The molecule has 0 saturated carbocycles. The number of hydrogen-bond donors (Lipinski definition) is 2. The first-order valence-corrected chi connectivity index (χ1v) is 7.78. The van der Waals surface area contributed by atoms with E-state index in [4.69, 9.17) is 16.3 Å². The largest absolute Gasteiger partial charge is 0.481 e. The summed E-state index contributed by atoms with van der Waals surface area (Å²) in [6, 6.07) is 12.3. The van der Waals surface area contributed by atoms with Gasteiger partial charge in [-0.3, -0.25) is 20.4 Å². The molecule has 2 N–H and O–H groups in total. The fraction of sp³-hybridized carbons (Fsp3) is 0.111. The van der Waals surface area contributed by atoms with Crippen LogP contribution in [0, 0.1) is 5.82 Å². The van der Waals surface area contributed by atoms with Gasteiger partial charge >= 0.3 is 0 Å². The zero-order valence-electron chi connectivity index (χ0n) is 13.3. The van der Waals surface area contributed by atoms with Crippen LogP contribution in [-0.2, 0) is 9.59 Å². The number of benzene rings is 2. The summed E-state index contributed by atoms with van der Waals surface area (Å²) in [5.41, 5.74) is 5.16. The van der Waals surface area contributed by atoms with Crippen molar-refractivity contribution >= 4 is 29.5 Å². The van der Waals surface area contributed by atoms with Gasteiger partial charge in [0.05, 0.1) is 0 Å². The van der Waals surface area contributed by atoms with Gasteiger partial charge in [-0.25, -0.2) is 4.39 Å². The molecule has 1 atom stereocenters. The average molecular weight is 363 g/mol. The third kappa shape index (κ3) is 5.93. The fourth-order valence-corrected chi connectivity index (χ4v) is 2.01. The molecule has 0 saturated heterocycles. The predicted molar refractivity (Wildman–Crippen MR) is 93.3 cm³/mol. The molecule has 0 aliphatic rings. The van der Waals surface area contributed by atoms with E-state index in [1.807, 2.05) is 0 Å². The van der Waals surface area contributed by atoms with Crippen molar-refractivity contribution in [3.63, 3.8) is 0 Å². The van der Waals surface area contributed by atoms with Crippen molar-refractivity contribution < 1.29 is 18.7 Å². The second-order valence-corrected chi connectivity index (χ2v) is 5.45. The molecule has 2 rings (SSSR count). The average Bonchev–Trinajstić information content (AvgIpc) is 2.60. The molecule has 0 fully saturated rings. The van der Waals surface area contributed by atoms with Crippen LogP contribution in [-0.4, -0.2) is 17.9 Å². The highest BCUT2D eigenvalue weighted by Crippen LogP contribution is 2.16. The van der Waals surface area contributed by atoms with Crippen molar-refractivity contribution in [2.24, 2.45) is 0 Å². The van der Waals surface area contributed by atoms with Gasteiger partial charge in [0, 0.05) is 11.1 Å². The minimum absolute atomic E-state index is 0.342. The monoisotopic (exact) mass is 362 g/mol. The molecule has 0 aliphatic heterocycles. The predicted octanol–water partition coefficient (Wildman–Crippen LogP) is 3.11. The zero-order chi connectivity index (χ0) is 18.2. The molecular formula is C18H16ClFN2O3.